The van der Waals surface area contributed by atoms with E-state index >= 15 is 0 Å². The number of carbonyl (C=O) groups excluding carboxylic acids is 1. The van der Waals surface area contributed by atoms with Gasteiger partial charge in [0.1, 0.15) is 12.4 Å². The SMILES string of the molecule is O=C(c1cnn(Cc2ccccc2Cl)c1)N1CCOc2ccccc21. The number of anilines is 1. The van der Waals surface area contributed by atoms with Crippen LogP contribution in [0.4, 0.5) is 5.69 Å². The van der Waals surface area contributed by atoms with Crippen molar-refractivity contribution in [1.82, 2.24) is 9.78 Å². The molecule has 4 rings (SSSR count). The number of ether oxygens (including phenoxy) is 1. The first-order valence-electron chi connectivity index (χ1n) is 8.02. The maximum atomic E-state index is 12.9. The number of rotatable bonds is 3. The van der Waals surface area contributed by atoms with Crippen molar-refractivity contribution < 1.29 is 9.53 Å². The van der Waals surface area contributed by atoms with Crippen molar-refractivity contribution >= 4 is 23.2 Å². The van der Waals surface area contributed by atoms with E-state index in [-0.39, 0.29) is 5.91 Å². The number of amides is 1. The lowest BCUT2D eigenvalue weighted by Gasteiger charge is -2.29. The Morgan fingerprint density at radius 2 is 1.96 bits per heavy atom. The Hall–Kier alpha value is -2.79. The number of nitrogens with zero attached hydrogens (tertiary/aromatic N) is 3. The minimum absolute atomic E-state index is 0.0823. The van der Waals surface area contributed by atoms with Crippen LogP contribution < -0.4 is 9.64 Å². The Morgan fingerprint density at radius 1 is 1.16 bits per heavy atom. The molecule has 0 bridgehead atoms. The van der Waals surface area contributed by atoms with Gasteiger partial charge in [-0.1, -0.05) is 41.9 Å². The van der Waals surface area contributed by atoms with Gasteiger partial charge in [-0.05, 0) is 23.8 Å². The number of halogens is 1. The summed E-state index contributed by atoms with van der Waals surface area (Å²) in [7, 11) is 0. The van der Waals surface area contributed by atoms with Crippen molar-refractivity contribution in [3.05, 3.63) is 77.1 Å². The van der Waals surface area contributed by atoms with Crippen LogP contribution in [0.15, 0.2) is 60.9 Å². The summed E-state index contributed by atoms with van der Waals surface area (Å²) in [4.78, 5) is 14.6. The molecule has 25 heavy (non-hydrogen) atoms. The van der Waals surface area contributed by atoms with E-state index < -0.39 is 0 Å². The normalized spacial score (nSPS) is 13.2. The van der Waals surface area contributed by atoms with Gasteiger partial charge in [0, 0.05) is 11.2 Å². The summed E-state index contributed by atoms with van der Waals surface area (Å²) in [6, 6.07) is 15.2. The zero-order valence-electron chi connectivity index (χ0n) is 13.4. The summed E-state index contributed by atoms with van der Waals surface area (Å²) in [5.74, 6) is 0.645. The van der Waals surface area contributed by atoms with E-state index in [0.717, 1.165) is 17.0 Å². The van der Waals surface area contributed by atoms with Crippen molar-refractivity contribution in [3.63, 3.8) is 0 Å². The fourth-order valence-electron chi connectivity index (χ4n) is 2.90. The Labute approximate surface area is 150 Å². The minimum atomic E-state index is -0.0823. The Morgan fingerprint density at radius 3 is 2.84 bits per heavy atom. The summed E-state index contributed by atoms with van der Waals surface area (Å²) in [5.41, 5.74) is 2.30. The molecule has 0 radical (unpaired) electrons. The van der Waals surface area contributed by atoms with Crippen LogP contribution >= 0.6 is 11.6 Å². The van der Waals surface area contributed by atoms with Crippen molar-refractivity contribution in [3.8, 4) is 5.75 Å². The maximum absolute atomic E-state index is 12.9. The van der Waals surface area contributed by atoms with Gasteiger partial charge in [0.25, 0.3) is 5.91 Å². The molecule has 0 spiro atoms. The molecule has 0 unspecified atom stereocenters. The Balaban J connectivity index is 1.57. The number of hydrogen-bond acceptors (Lipinski definition) is 3. The molecular formula is C19H16ClN3O2. The van der Waals surface area contributed by atoms with Crippen molar-refractivity contribution in [1.29, 1.82) is 0 Å². The number of para-hydroxylation sites is 2. The predicted octanol–water partition coefficient (Wildman–Crippen LogP) is 3.62. The standard InChI is InChI=1S/C19H16ClN3O2/c20-16-6-2-1-5-14(16)12-22-13-15(11-21-22)19(24)23-9-10-25-18-8-4-3-7-17(18)23/h1-8,11,13H,9-10,12H2. The fraction of sp³-hybridized carbons (Fsp3) is 0.158. The van der Waals surface area contributed by atoms with Crippen molar-refractivity contribution in [2.45, 2.75) is 6.54 Å². The molecule has 0 N–H and O–H groups in total. The predicted molar refractivity (Wildman–Crippen MR) is 96.4 cm³/mol. The average Bonchev–Trinajstić information content (AvgIpc) is 3.11. The second-order valence-corrected chi connectivity index (χ2v) is 6.20. The van der Waals surface area contributed by atoms with Crippen LogP contribution in [0.25, 0.3) is 0 Å². The quantitative estimate of drug-likeness (QED) is 0.722. The lowest BCUT2D eigenvalue weighted by Crippen LogP contribution is -2.37. The monoisotopic (exact) mass is 353 g/mol. The van der Waals surface area contributed by atoms with Crippen LogP contribution in [0.1, 0.15) is 15.9 Å². The average molecular weight is 354 g/mol. The summed E-state index contributed by atoms with van der Waals surface area (Å²) in [6.07, 6.45) is 3.35. The Kier molecular flexibility index (Phi) is 4.15. The lowest BCUT2D eigenvalue weighted by atomic mass is 10.2. The highest BCUT2D eigenvalue weighted by molar-refractivity contribution is 6.31. The maximum Gasteiger partial charge on any atom is 0.261 e. The molecule has 0 saturated heterocycles. The highest BCUT2D eigenvalue weighted by Crippen LogP contribution is 2.31. The van der Waals surface area contributed by atoms with Gasteiger partial charge in [-0.2, -0.15) is 5.10 Å². The molecule has 126 valence electrons. The van der Waals surface area contributed by atoms with Crippen molar-refractivity contribution in [2.75, 3.05) is 18.1 Å². The zero-order valence-corrected chi connectivity index (χ0v) is 14.2. The molecule has 0 atom stereocenters. The van der Waals surface area contributed by atoms with Crippen LogP contribution in [-0.2, 0) is 6.54 Å². The van der Waals surface area contributed by atoms with Crippen LogP contribution in [-0.4, -0.2) is 28.8 Å². The van der Waals surface area contributed by atoms with Crippen LogP contribution in [0.5, 0.6) is 5.75 Å². The third kappa shape index (κ3) is 3.10. The van der Waals surface area contributed by atoms with Gasteiger partial charge in [0.15, 0.2) is 0 Å². The summed E-state index contributed by atoms with van der Waals surface area (Å²) in [5, 5.41) is 4.99. The molecule has 2 aromatic carbocycles. The van der Waals surface area contributed by atoms with Gasteiger partial charge in [-0.25, -0.2) is 0 Å². The van der Waals surface area contributed by atoms with Gasteiger partial charge < -0.3 is 9.64 Å². The summed E-state index contributed by atoms with van der Waals surface area (Å²) < 4.78 is 7.33. The molecule has 0 aliphatic carbocycles. The van der Waals surface area contributed by atoms with E-state index in [1.54, 1.807) is 22.0 Å². The van der Waals surface area contributed by atoms with Gasteiger partial charge >= 0.3 is 0 Å². The van der Waals surface area contributed by atoms with E-state index in [0.29, 0.717) is 30.3 Å². The van der Waals surface area contributed by atoms with Gasteiger partial charge in [0.05, 0.1) is 30.5 Å². The van der Waals surface area contributed by atoms with E-state index in [9.17, 15) is 4.79 Å². The van der Waals surface area contributed by atoms with Crippen molar-refractivity contribution in [2.24, 2.45) is 0 Å². The highest BCUT2D eigenvalue weighted by Gasteiger charge is 2.25. The molecule has 5 nitrogen and oxygen atoms in total. The molecule has 0 saturated carbocycles. The van der Waals surface area contributed by atoms with E-state index in [2.05, 4.69) is 5.10 Å². The number of hydrogen-bond donors (Lipinski definition) is 0. The van der Waals surface area contributed by atoms with Crippen LogP contribution in [0.3, 0.4) is 0 Å². The molecule has 1 aliphatic heterocycles. The van der Waals surface area contributed by atoms with Crippen LogP contribution in [0, 0.1) is 0 Å². The first-order chi connectivity index (χ1) is 12.2. The zero-order chi connectivity index (χ0) is 17.2. The molecule has 1 amide bonds. The summed E-state index contributed by atoms with van der Waals surface area (Å²) in [6.45, 7) is 1.52. The number of carbonyl (C=O) groups is 1. The molecule has 6 heteroatoms. The molecular weight excluding hydrogens is 338 g/mol. The topological polar surface area (TPSA) is 47.4 Å². The first kappa shape index (κ1) is 15.7. The number of aromatic nitrogens is 2. The molecule has 2 heterocycles. The highest BCUT2D eigenvalue weighted by atomic mass is 35.5. The molecule has 1 aliphatic rings. The minimum Gasteiger partial charge on any atom is -0.490 e. The lowest BCUT2D eigenvalue weighted by molar-refractivity contribution is 0.0976. The fourth-order valence-corrected chi connectivity index (χ4v) is 3.09. The molecule has 3 aromatic rings. The first-order valence-corrected chi connectivity index (χ1v) is 8.40. The summed E-state index contributed by atoms with van der Waals surface area (Å²) >= 11 is 6.19. The molecule has 0 fully saturated rings. The number of fused-ring (bicyclic) bond motifs is 1. The van der Waals surface area contributed by atoms with Gasteiger partial charge in [-0.15, -0.1) is 0 Å². The second kappa shape index (κ2) is 6.61. The smallest absolute Gasteiger partial charge is 0.261 e. The van der Waals surface area contributed by atoms with Crippen LogP contribution in [0.2, 0.25) is 5.02 Å². The van der Waals surface area contributed by atoms with Gasteiger partial charge in [-0.3, -0.25) is 9.48 Å². The third-order valence-corrected chi connectivity index (χ3v) is 4.51. The molecule has 1 aromatic heterocycles. The van der Waals surface area contributed by atoms with Gasteiger partial charge in [0.2, 0.25) is 0 Å². The Bertz CT molecular complexity index is 922. The van der Waals surface area contributed by atoms with E-state index in [4.69, 9.17) is 16.3 Å². The second-order valence-electron chi connectivity index (χ2n) is 5.79. The van der Waals surface area contributed by atoms with E-state index in [1.807, 2.05) is 48.5 Å². The number of benzene rings is 2. The van der Waals surface area contributed by atoms with E-state index in [1.165, 1.54) is 0 Å². The third-order valence-electron chi connectivity index (χ3n) is 4.14. The largest absolute Gasteiger partial charge is 0.490 e.